The molecule has 1 amide bonds. The van der Waals surface area contributed by atoms with E-state index in [2.05, 4.69) is 17.0 Å². The standard InChI is InChI=1S/C21H18FN3OS/c1-14-3-2-4-17(9-14)24-12-25-20(26)10-18(15-5-7-16(22)8-6-15)19(11-23)21(25)27-13-24/h2-9,18H,10,12-13H2,1H3/t18-/m0/s1. The number of thioether (sulfide) groups is 1. The van der Waals surface area contributed by atoms with E-state index < -0.39 is 0 Å². The molecule has 0 aliphatic carbocycles. The van der Waals surface area contributed by atoms with Crippen molar-refractivity contribution in [2.75, 3.05) is 17.4 Å². The van der Waals surface area contributed by atoms with Gasteiger partial charge in [0.05, 0.1) is 29.2 Å². The average Bonchev–Trinajstić information content (AvgIpc) is 2.68. The van der Waals surface area contributed by atoms with Crippen molar-refractivity contribution in [1.29, 1.82) is 5.26 Å². The number of allylic oxidation sites excluding steroid dienone is 1. The molecule has 6 heteroatoms. The topological polar surface area (TPSA) is 47.3 Å². The minimum atomic E-state index is -0.325. The first-order valence-electron chi connectivity index (χ1n) is 8.71. The predicted octanol–water partition coefficient (Wildman–Crippen LogP) is 4.35. The first-order valence-corrected chi connectivity index (χ1v) is 9.70. The van der Waals surface area contributed by atoms with Gasteiger partial charge in [0.25, 0.3) is 0 Å². The number of halogens is 1. The van der Waals surface area contributed by atoms with Crippen LogP contribution < -0.4 is 4.90 Å². The van der Waals surface area contributed by atoms with Crippen LogP contribution in [0.3, 0.4) is 0 Å². The van der Waals surface area contributed by atoms with Gasteiger partial charge in [-0.1, -0.05) is 36.0 Å². The van der Waals surface area contributed by atoms with Crippen molar-refractivity contribution < 1.29 is 9.18 Å². The van der Waals surface area contributed by atoms with Crippen molar-refractivity contribution in [2.24, 2.45) is 0 Å². The summed E-state index contributed by atoms with van der Waals surface area (Å²) in [7, 11) is 0. The molecule has 4 rings (SSSR count). The van der Waals surface area contributed by atoms with Crippen LogP contribution in [-0.2, 0) is 4.79 Å². The second-order valence-electron chi connectivity index (χ2n) is 6.75. The third-order valence-electron chi connectivity index (χ3n) is 4.93. The van der Waals surface area contributed by atoms with Gasteiger partial charge in [-0.15, -0.1) is 0 Å². The molecular formula is C21H18FN3OS. The van der Waals surface area contributed by atoms with Gasteiger partial charge in [0.1, 0.15) is 5.82 Å². The van der Waals surface area contributed by atoms with Crippen LogP contribution in [0.2, 0.25) is 0 Å². The monoisotopic (exact) mass is 379 g/mol. The first-order chi connectivity index (χ1) is 13.1. The number of carbonyl (C=O) groups excluding carboxylic acids is 1. The summed E-state index contributed by atoms with van der Waals surface area (Å²) in [5.41, 5.74) is 3.62. The van der Waals surface area contributed by atoms with E-state index in [0.717, 1.165) is 21.8 Å². The third kappa shape index (κ3) is 3.31. The first kappa shape index (κ1) is 17.6. The minimum absolute atomic E-state index is 0.0109. The molecular weight excluding hydrogens is 361 g/mol. The molecule has 0 saturated carbocycles. The van der Waals surface area contributed by atoms with Gasteiger partial charge in [-0.3, -0.25) is 9.69 Å². The Labute approximate surface area is 161 Å². The van der Waals surface area contributed by atoms with E-state index in [9.17, 15) is 14.4 Å². The van der Waals surface area contributed by atoms with Crippen LogP contribution >= 0.6 is 11.8 Å². The van der Waals surface area contributed by atoms with Crippen LogP contribution in [0.25, 0.3) is 0 Å². The lowest BCUT2D eigenvalue weighted by Gasteiger charge is -2.42. The van der Waals surface area contributed by atoms with Crippen LogP contribution in [0, 0.1) is 24.1 Å². The van der Waals surface area contributed by atoms with Gasteiger partial charge in [-0.25, -0.2) is 4.39 Å². The third-order valence-corrected chi connectivity index (χ3v) is 6.09. The van der Waals surface area contributed by atoms with Crippen molar-refractivity contribution >= 4 is 23.4 Å². The van der Waals surface area contributed by atoms with Crippen LogP contribution in [0.5, 0.6) is 0 Å². The zero-order valence-corrected chi connectivity index (χ0v) is 15.7. The summed E-state index contributed by atoms with van der Waals surface area (Å²) in [5, 5.41) is 10.5. The highest BCUT2D eigenvalue weighted by Crippen LogP contribution is 2.43. The molecule has 0 N–H and O–H groups in total. The Balaban J connectivity index is 1.66. The largest absolute Gasteiger partial charge is 0.344 e. The molecule has 2 aliphatic heterocycles. The van der Waals surface area contributed by atoms with Crippen molar-refractivity contribution in [2.45, 2.75) is 19.3 Å². The molecule has 2 aromatic carbocycles. The summed E-state index contributed by atoms with van der Waals surface area (Å²) < 4.78 is 13.2. The van der Waals surface area contributed by atoms with E-state index in [1.165, 1.54) is 23.9 Å². The highest BCUT2D eigenvalue weighted by molar-refractivity contribution is 8.03. The van der Waals surface area contributed by atoms with Crippen molar-refractivity contribution in [1.82, 2.24) is 4.90 Å². The number of benzene rings is 2. The number of amides is 1. The quantitative estimate of drug-likeness (QED) is 0.778. The lowest BCUT2D eigenvalue weighted by Crippen LogP contribution is -2.47. The van der Waals surface area contributed by atoms with Crippen LogP contribution in [0.15, 0.2) is 59.1 Å². The SMILES string of the molecule is Cc1cccc(N2CSC3=C(C#N)[C@H](c4ccc(F)cc4)CC(=O)N3C2)c1. The fourth-order valence-electron chi connectivity index (χ4n) is 3.53. The summed E-state index contributed by atoms with van der Waals surface area (Å²) >= 11 is 1.51. The number of nitriles is 1. The van der Waals surface area contributed by atoms with E-state index in [0.29, 0.717) is 18.1 Å². The molecule has 0 unspecified atom stereocenters. The molecule has 1 atom stereocenters. The van der Waals surface area contributed by atoms with Gasteiger partial charge in [0.15, 0.2) is 0 Å². The Bertz CT molecular complexity index is 964. The Hall–Kier alpha value is -2.78. The van der Waals surface area contributed by atoms with E-state index in [1.54, 1.807) is 17.0 Å². The van der Waals surface area contributed by atoms with Crippen molar-refractivity contribution in [3.05, 3.63) is 76.1 Å². The van der Waals surface area contributed by atoms with Crippen LogP contribution in [0.1, 0.15) is 23.5 Å². The molecule has 2 aliphatic rings. The zero-order chi connectivity index (χ0) is 19.0. The molecule has 0 bridgehead atoms. The number of anilines is 1. The minimum Gasteiger partial charge on any atom is -0.344 e. The van der Waals surface area contributed by atoms with Gasteiger partial charge in [0, 0.05) is 18.0 Å². The Kier molecular flexibility index (Phi) is 4.63. The predicted molar refractivity (Wildman–Crippen MR) is 104 cm³/mol. The molecule has 1 fully saturated rings. The maximum Gasteiger partial charge on any atom is 0.229 e. The summed E-state index contributed by atoms with van der Waals surface area (Å²) in [6.07, 6.45) is 0.222. The number of nitrogens with zero attached hydrogens (tertiary/aromatic N) is 3. The molecule has 1 saturated heterocycles. The van der Waals surface area contributed by atoms with Gasteiger partial charge in [-0.2, -0.15) is 5.26 Å². The number of rotatable bonds is 2. The normalized spacial score (nSPS) is 19.7. The number of hydrogen-bond acceptors (Lipinski definition) is 4. The molecule has 2 aromatic rings. The maximum absolute atomic E-state index is 13.2. The summed E-state index contributed by atoms with van der Waals surface area (Å²) in [4.78, 5) is 16.7. The van der Waals surface area contributed by atoms with Gasteiger partial charge in [-0.05, 0) is 42.3 Å². The molecule has 0 spiro atoms. The smallest absolute Gasteiger partial charge is 0.229 e. The fourth-order valence-corrected chi connectivity index (χ4v) is 4.70. The molecule has 4 nitrogen and oxygen atoms in total. The Morgan fingerprint density at radius 2 is 2.00 bits per heavy atom. The fraction of sp³-hybridized carbons (Fsp3) is 0.238. The average molecular weight is 379 g/mol. The highest BCUT2D eigenvalue weighted by Gasteiger charge is 2.38. The number of fused-ring (bicyclic) bond motifs is 1. The van der Waals surface area contributed by atoms with E-state index in [4.69, 9.17) is 0 Å². The van der Waals surface area contributed by atoms with Gasteiger partial charge < -0.3 is 4.90 Å². The summed E-state index contributed by atoms with van der Waals surface area (Å²) in [5.74, 6) is 0.0224. The second-order valence-corrected chi connectivity index (χ2v) is 7.69. The van der Waals surface area contributed by atoms with Crippen molar-refractivity contribution in [3.63, 3.8) is 0 Å². The van der Waals surface area contributed by atoms with Crippen molar-refractivity contribution in [3.8, 4) is 6.07 Å². The molecule has 2 heterocycles. The second kappa shape index (κ2) is 7.09. The number of hydrogen-bond donors (Lipinski definition) is 0. The lowest BCUT2D eigenvalue weighted by atomic mass is 9.86. The van der Waals surface area contributed by atoms with E-state index >= 15 is 0 Å². The lowest BCUT2D eigenvalue weighted by molar-refractivity contribution is -0.129. The number of aryl methyl sites for hydroxylation is 1. The molecule has 136 valence electrons. The highest BCUT2D eigenvalue weighted by atomic mass is 32.2. The van der Waals surface area contributed by atoms with E-state index in [-0.39, 0.29) is 24.1 Å². The maximum atomic E-state index is 13.2. The van der Waals surface area contributed by atoms with Gasteiger partial charge >= 0.3 is 0 Å². The van der Waals surface area contributed by atoms with Crippen LogP contribution in [0.4, 0.5) is 10.1 Å². The molecule has 0 aromatic heterocycles. The Morgan fingerprint density at radius 3 is 2.70 bits per heavy atom. The molecule has 27 heavy (non-hydrogen) atoms. The Morgan fingerprint density at radius 1 is 1.22 bits per heavy atom. The van der Waals surface area contributed by atoms with E-state index in [1.807, 2.05) is 25.1 Å². The number of carbonyl (C=O) groups is 1. The van der Waals surface area contributed by atoms with Gasteiger partial charge in [0.2, 0.25) is 5.91 Å². The zero-order valence-electron chi connectivity index (χ0n) is 14.9. The summed E-state index contributed by atoms with van der Waals surface area (Å²) in [6, 6.07) is 16.5. The summed E-state index contributed by atoms with van der Waals surface area (Å²) in [6.45, 7) is 2.48. The molecule has 0 radical (unpaired) electrons. The van der Waals surface area contributed by atoms with Crippen LogP contribution in [-0.4, -0.2) is 23.4 Å².